The first-order valence-corrected chi connectivity index (χ1v) is 13.0. The Morgan fingerprint density at radius 2 is 1.53 bits per heavy atom. The molecular formula is C27H30N4O2S. The minimum Gasteiger partial charge on any atom is -0.299 e. The molecule has 0 unspecified atom stereocenters. The molecule has 176 valence electrons. The van der Waals surface area contributed by atoms with E-state index in [2.05, 4.69) is 59.8 Å². The Hall–Kier alpha value is -2.93. The van der Waals surface area contributed by atoms with Gasteiger partial charge in [-0.05, 0) is 36.0 Å². The van der Waals surface area contributed by atoms with Crippen LogP contribution >= 0.6 is 11.8 Å². The molecule has 0 bridgehead atoms. The van der Waals surface area contributed by atoms with Gasteiger partial charge in [-0.25, -0.2) is 0 Å². The van der Waals surface area contributed by atoms with Gasteiger partial charge in [0.25, 0.3) is 11.8 Å². The maximum Gasteiger partial charge on any atom is 0.261 e. The third kappa shape index (κ3) is 4.17. The minimum atomic E-state index is -0.210. The predicted octanol–water partition coefficient (Wildman–Crippen LogP) is 5.75. The Morgan fingerprint density at radius 1 is 0.912 bits per heavy atom. The average molecular weight is 475 g/mol. The minimum absolute atomic E-state index is 0.1000. The molecule has 1 aliphatic carbocycles. The lowest BCUT2D eigenvalue weighted by Gasteiger charge is -2.20. The van der Waals surface area contributed by atoms with Crippen LogP contribution in [0.3, 0.4) is 0 Å². The van der Waals surface area contributed by atoms with E-state index >= 15 is 0 Å². The highest BCUT2D eigenvalue weighted by Crippen LogP contribution is 2.37. The molecule has 0 atom stereocenters. The van der Waals surface area contributed by atoms with Crippen LogP contribution in [-0.2, 0) is 5.41 Å². The second-order valence-electron chi connectivity index (χ2n) is 10.1. The lowest BCUT2D eigenvalue weighted by atomic mass is 9.86. The van der Waals surface area contributed by atoms with E-state index in [0.29, 0.717) is 29.5 Å². The van der Waals surface area contributed by atoms with Crippen LogP contribution in [0.25, 0.3) is 11.4 Å². The number of imide groups is 1. The van der Waals surface area contributed by atoms with Gasteiger partial charge in [0.1, 0.15) is 0 Å². The highest BCUT2D eigenvalue weighted by Gasteiger charge is 2.35. The number of rotatable bonds is 6. The Balaban J connectivity index is 1.35. The molecule has 5 rings (SSSR count). The Kier molecular flexibility index (Phi) is 6.06. The highest BCUT2D eigenvalue weighted by atomic mass is 32.2. The fourth-order valence-electron chi connectivity index (χ4n) is 4.85. The van der Waals surface area contributed by atoms with Crippen molar-refractivity contribution in [1.29, 1.82) is 0 Å². The topological polar surface area (TPSA) is 68.1 Å². The van der Waals surface area contributed by atoms with Gasteiger partial charge in [-0.15, -0.1) is 10.2 Å². The summed E-state index contributed by atoms with van der Waals surface area (Å²) < 4.78 is 2.28. The molecule has 1 aliphatic heterocycles. The Labute approximate surface area is 204 Å². The van der Waals surface area contributed by atoms with Crippen molar-refractivity contribution in [2.75, 3.05) is 12.3 Å². The van der Waals surface area contributed by atoms with Crippen molar-refractivity contribution in [2.24, 2.45) is 0 Å². The summed E-state index contributed by atoms with van der Waals surface area (Å²) in [5, 5.41) is 9.98. The summed E-state index contributed by atoms with van der Waals surface area (Å²) in [7, 11) is 0. The fraction of sp³-hybridized carbons (Fsp3) is 0.407. The van der Waals surface area contributed by atoms with Crippen LogP contribution in [0.2, 0.25) is 0 Å². The smallest absolute Gasteiger partial charge is 0.261 e. The summed E-state index contributed by atoms with van der Waals surface area (Å²) in [6.45, 7) is 6.99. The maximum atomic E-state index is 12.7. The molecule has 0 radical (unpaired) electrons. The summed E-state index contributed by atoms with van der Waals surface area (Å²) in [4.78, 5) is 26.7. The van der Waals surface area contributed by atoms with Gasteiger partial charge in [0.05, 0.1) is 11.1 Å². The van der Waals surface area contributed by atoms with Gasteiger partial charge >= 0.3 is 0 Å². The number of hydrogen-bond acceptors (Lipinski definition) is 5. The van der Waals surface area contributed by atoms with Gasteiger partial charge in [0.15, 0.2) is 11.0 Å². The normalized spacial score (nSPS) is 16.5. The molecule has 2 amide bonds. The second-order valence-corrected chi connectivity index (χ2v) is 11.2. The number of carbonyl (C=O) groups is 2. The van der Waals surface area contributed by atoms with Gasteiger partial charge in [-0.2, -0.15) is 0 Å². The van der Waals surface area contributed by atoms with E-state index in [-0.39, 0.29) is 17.2 Å². The van der Waals surface area contributed by atoms with E-state index in [1.165, 1.54) is 23.3 Å². The number of carbonyl (C=O) groups excluding carboxylic acids is 2. The van der Waals surface area contributed by atoms with Crippen LogP contribution in [-0.4, -0.2) is 43.8 Å². The van der Waals surface area contributed by atoms with Crippen LogP contribution in [0, 0.1) is 0 Å². The summed E-state index contributed by atoms with van der Waals surface area (Å²) in [5.41, 5.74) is 3.45. The molecule has 2 heterocycles. The van der Waals surface area contributed by atoms with Gasteiger partial charge in [-0.1, -0.05) is 81.8 Å². The molecule has 6 nitrogen and oxygen atoms in total. The van der Waals surface area contributed by atoms with Crippen LogP contribution in [0.5, 0.6) is 0 Å². The van der Waals surface area contributed by atoms with Crippen LogP contribution < -0.4 is 0 Å². The molecular weight excluding hydrogens is 444 g/mol. The maximum absolute atomic E-state index is 12.7. The van der Waals surface area contributed by atoms with Crippen molar-refractivity contribution in [3.05, 3.63) is 65.2 Å². The van der Waals surface area contributed by atoms with Crippen molar-refractivity contribution in [1.82, 2.24) is 19.7 Å². The number of amides is 2. The fourth-order valence-corrected chi connectivity index (χ4v) is 5.78. The molecule has 0 N–H and O–H groups in total. The van der Waals surface area contributed by atoms with E-state index in [9.17, 15) is 9.59 Å². The molecule has 34 heavy (non-hydrogen) atoms. The molecule has 1 aromatic heterocycles. The van der Waals surface area contributed by atoms with Gasteiger partial charge in [0, 0.05) is 23.9 Å². The Morgan fingerprint density at radius 3 is 2.12 bits per heavy atom. The van der Waals surface area contributed by atoms with E-state index < -0.39 is 0 Å². The molecule has 7 heteroatoms. The quantitative estimate of drug-likeness (QED) is 0.336. The van der Waals surface area contributed by atoms with Crippen molar-refractivity contribution in [2.45, 2.75) is 63.1 Å². The first-order chi connectivity index (χ1) is 16.3. The number of nitrogens with zero attached hydrogens (tertiary/aromatic N) is 4. The highest BCUT2D eigenvalue weighted by molar-refractivity contribution is 7.99. The van der Waals surface area contributed by atoms with Gasteiger partial charge in [0.2, 0.25) is 0 Å². The van der Waals surface area contributed by atoms with Crippen molar-refractivity contribution in [3.63, 3.8) is 0 Å². The van der Waals surface area contributed by atoms with Crippen molar-refractivity contribution in [3.8, 4) is 11.4 Å². The van der Waals surface area contributed by atoms with E-state index in [0.717, 1.165) is 29.4 Å². The zero-order chi connectivity index (χ0) is 23.9. The van der Waals surface area contributed by atoms with Crippen molar-refractivity contribution >= 4 is 23.6 Å². The lowest BCUT2D eigenvalue weighted by Crippen LogP contribution is -2.31. The number of fused-ring (bicyclic) bond motifs is 1. The van der Waals surface area contributed by atoms with Crippen molar-refractivity contribution < 1.29 is 9.59 Å². The van der Waals surface area contributed by atoms with Gasteiger partial charge < -0.3 is 0 Å². The zero-order valence-corrected chi connectivity index (χ0v) is 20.8. The van der Waals surface area contributed by atoms with Gasteiger partial charge in [-0.3, -0.25) is 19.1 Å². The third-order valence-corrected chi connectivity index (χ3v) is 7.71. The molecule has 2 aliphatic rings. The third-order valence-electron chi connectivity index (χ3n) is 6.79. The lowest BCUT2D eigenvalue weighted by molar-refractivity contribution is 0.0664. The number of aromatic nitrogens is 3. The van der Waals surface area contributed by atoms with Crippen LogP contribution in [0.1, 0.15) is 78.8 Å². The Bertz CT molecular complexity index is 1190. The first kappa shape index (κ1) is 22.8. The van der Waals surface area contributed by atoms with E-state index in [4.69, 9.17) is 0 Å². The SMILES string of the molecule is CC(C)(C)c1ccc(-c2nnc(SCCN3C(=O)c4ccccc4C3=O)n2C2CCCC2)cc1. The summed E-state index contributed by atoms with van der Waals surface area (Å²) in [5.74, 6) is 1.06. The molecule has 1 saturated carbocycles. The summed E-state index contributed by atoms with van der Waals surface area (Å²) >= 11 is 1.57. The molecule has 1 fully saturated rings. The standard InChI is InChI=1S/C27H30N4O2S/c1-27(2,3)19-14-12-18(13-15-19)23-28-29-26(31(23)20-8-4-5-9-20)34-17-16-30-24(32)21-10-6-7-11-22(21)25(30)33/h6-7,10-15,20H,4-5,8-9,16-17H2,1-3H3. The molecule has 0 spiro atoms. The average Bonchev–Trinajstić information content (AvgIpc) is 3.54. The number of thioether (sulfide) groups is 1. The number of hydrogen-bond donors (Lipinski definition) is 0. The summed E-state index contributed by atoms with van der Waals surface area (Å²) in [6, 6.07) is 16.0. The summed E-state index contributed by atoms with van der Waals surface area (Å²) in [6.07, 6.45) is 4.67. The van der Waals surface area contributed by atoms with Crippen LogP contribution in [0.4, 0.5) is 0 Å². The van der Waals surface area contributed by atoms with E-state index in [1.807, 2.05) is 0 Å². The zero-order valence-electron chi connectivity index (χ0n) is 20.0. The first-order valence-electron chi connectivity index (χ1n) is 12.0. The predicted molar refractivity (Wildman–Crippen MR) is 134 cm³/mol. The largest absolute Gasteiger partial charge is 0.299 e. The second kappa shape index (κ2) is 9.02. The molecule has 0 saturated heterocycles. The van der Waals surface area contributed by atoms with E-state index in [1.54, 1.807) is 36.0 Å². The molecule has 2 aromatic carbocycles. The number of benzene rings is 2. The van der Waals surface area contributed by atoms with Crippen LogP contribution in [0.15, 0.2) is 53.7 Å². The molecule has 3 aromatic rings. The monoisotopic (exact) mass is 474 g/mol.